The van der Waals surface area contributed by atoms with Crippen LogP contribution in [0, 0.1) is 6.92 Å². The van der Waals surface area contributed by atoms with E-state index in [2.05, 4.69) is 15.0 Å². The van der Waals surface area contributed by atoms with E-state index in [0.717, 1.165) is 16.5 Å². The lowest BCUT2D eigenvalue weighted by atomic mass is 10.1. The average Bonchev–Trinajstić information content (AvgIpc) is 2.29. The largest absolute Gasteiger partial charge is 0.370 e. The summed E-state index contributed by atoms with van der Waals surface area (Å²) in [5.74, 6) is -0.0961. The third kappa shape index (κ3) is 2.54. The van der Waals surface area contributed by atoms with Gasteiger partial charge in [-0.05, 0) is 30.7 Å². The number of aryl methyl sites for hydroxylation is 1. The van der Waals surface area contributed by atoms with Crippen molar-refractivity contribution in [3.8, 4) is 0 Å². The van der Waals surface area contributed by atoms with Gasteiger partial charge in [0.15, 0.2) is 5.96 Å². The molecule has 0 aliphatic carbocycles. The zero-order valence-electron chi connectivity index (χ0n) is 9.96. The van der Waals surface area contributed by atoms with Crippen LogP contribution in [0.4, 0.5) is 5.69 Å². The Kier molecular flexibility index (Phi) is 3.09. The number of rotatable bonds is 1. The van der Waals surface area contributed by atoms with Crippen LogP contribution in [0.2, 0.25) is 0 Å². The molecule has 6 nitrogen and oxygen atoms in total. The van der Waals surface area contributed by atoms with Gasteiger partial charge >= 0.3 is 0 Å². The summed E-state index contributed by atoms with van der Waals surface area (Å²) in [6.45, 7) is 1.94. The van der Waals surface area contributed by atoms with Gasteiger partial charge in [0.05, 0.1) is 11.2 Å². The Hall–Kier alpha value is -2.63. The van der Waals surface area contributed by atoms with Gasteiger partial charge in [-0.3, -0.25) is 4.98 Å². The molecule has 0 radical (unpaired) electrons. The highest BCUT2D eigenvalue weighted by Gasteiger charge is 2.02. The molecule has 1 aromatic heterocycles. The number of hydrogen-bond acceptors (Lipinski definition) is 2. The van der Waals surface area contributed by atoms with E-state index in [1.165, 1.54) is 0 Å². The van der Waals surface area contributed by atoms with Crippen LogP contribution in [0.3, 0.4) is 0 Å². The molecule has 6 N–H and O–H groups in total. The normalized spacial score (nSPS) is 11.5. The Morgan fingerprint density at radius 2 is 2.00 bits per heavy atom. The Bertz CT molecular complexity index is 640. The Labute approximate surface area is 104 Å². The highest BCUT2D eigenvalue weighted by Crippen LogP contribution is 2.24. The third-order valence-electron chi connectivity index (χ3n) is 2.40. The summed E-state index contributed by atoms with van der Waals surface area (Å²) in [5, 5.41) is 1.05. The summed E-state index contributed by atoms with van der Waals surface area (Å²) in [5.41, 5.74) is 18.6. The zero-order chi connectivity index (χ0) is 13.1. The number of nitrogens with two attached hydrogens (primary N) is 3. The first kappa shape index (κ1) is 11.8. The molecule has 0 atom stereocenters. The molecule has 0 saturated heterocycles. The molecule has 1 heterocycles. The second-order valence-electron chi connectivity index (χ2n) is 3.84. The topological polar surface area (TPSA) is 116 Å². The molecule has 2 rings (SSSR count). The molecule has 18 heavy (non-hydrogen) atoms. The molecule has 0 saturated carbocycles. The number of aliphatic imine (C=N–C) groups is 2. The van der Waals surface area contributed by atoms with E-state index in [4.69, 9.17) is 17.2 Å². The predicted molar refractivity (Wildman–Crippen MR) is 73.6 cm³/mol. The SMILES string of the molecule is Cc1cc2cccnc2cc1N=C(N)N=C(N)N. The van der Waals surface area contributed by atoms with E-state index < -0.39 is 0 Å². The number of guanidine groups is 2. The van der Waals surface area contributed by atoms with Gasteiger partial charge < -0.3 is 17.2 Å². The summed E-state index contributed by atoms with van der Waals surface area (Å²) < 4.78 is 0. The molecular formula is C12H14N6. The maximum atomic E-state index is 5.60. The van der Waals surface area contributed by atoms with Gasteiger partial charge in [-0.2, -0.15) is 4.99 Å². The van der Waals surface area contributed by atoms with Gasteiger partial charge in [0.1, 0.15) is 0 Å². The van der Waals surface area contributed by atoms with E-state index >= 15 is 0 Å². The monoisotopic (exact) mass is 242 g/mol. The van der Waals surface area contributed by atoms with Crippen molar-refractivity contribution < 1.29 is 0 Å². The van der Waals surface area contributed by atoms with Crippen LogP contribution in [-0.2, 0) is 0 Å². The Morgan fingerprint density at radius 1 is 1.22 bits per heavy atom. The maximum Gasteiger partial charge on any atom is 0.223 e. The van der Waals surface area contributed by atoms with Gasteiger partial charge in [0.2, 0.25) is 5.96 Å². The van der Waals surface area contributed by atoms with Crippen LogP contribution in [0.15, 0.2) is 40.4 Å². The molecule has 6 heteroatoms. The van der Waals surface area contributed by atoms with Crippen LogP contribution >= 0.6 is 0 Å². The Morgan fingerprint density at radius 3 is 2.72 bits per heavy atom. The molecule has 0 aliphatic heterocycles. The first-order valence-corrected chi connectivity index (χ1v) is 5.35. The summed E-state index contributed by atoms with van der Waals surface area (Å²) in [6.07, 6.45) is 1.73. The average molecular weight is 242 g/mol. The van der Waals surface area contributed by atoms with Gasteiger partial charge in [0, 0.05) is 11.6 Å². The van der Waals surface area contributed by atoms with Crippen molar-refractivity contribution in [1.82, 2.24) is 4.98 Å². The number of benzene rings is 1. The van der Waals surface area contributed by atoms with Crippen molar-refractivity contribution >= 4 is 28.5 Å². The quantitative estimate of drug-likeness (QED) is 0.505. The summed E-state index contributed by atoms with van der Waals surface area (Å²) in [4.78, 5) is 12.1. The van der Waals surface area contributed by atoms with Crippen LogP contribution in [-0.4, -0.2) is 16.9 Å². The first-order valence-electron chi connectivity index (χ1n) is 5.35. The minimum atomic E-state index is -0.118. The zero-order valence-corrected chi connectivity index (χ0v) is 9.96. The first-order chi connectivity index (χ1) is 8.56. The molecule has 0 spiro atoms. The Balaban J connectivity index is 2.51. The maximum absolute atomic E-state index is 5.60. The molecule has 0 aliphatic rings. The van der Waals surface area contributed by atoms with Crippen molar-refractivity contribution in [2.45, 2.75) is 6.92 Å². The number of aromatic nitrogens is 1. The highest BCUT2D eigenvalue weighted by atomic mass is 15.1. The lowest BCUT2D eigenvalue weighted by Gasteiger charge is -2.03. The summed E-state index contributed by atoms with van der Waals surface area (Å²) >= 11 is 0. The van der Waals surface area contributed by atoms with Crippen LogP contribution in [0.25, 0.3) is 10.9 Å². The van der Waals surface area contributed by atoms with Gasteiger partial charge in [-0.1, -0.05) is 6.07 Å². The van der Waals surface area contributed by atoms with E-state index in [-0.39, 0.29) is 11.9 Å². The molecular weight excluding hydrogens is 228 g/mol. The molecule has 0 bridgehead atoms. The fourth-order valence-electron chi connectivity index (χ4n) is 1.62. The minimum Gasteiger partial charge on any atom is -0.370 e. The van der Waals surface area contributed by atoms with Gasteiger partial charge in [0.25, 0.3) is 0 Å². The van der Waals surface area contributed by atoms with Crippen LogP contribution in [0.5, 0.6) is 0 Å². The van der Waals surface area contributed by atoms with Gasteiger partial charge in [-0.25, -0.2) is 4.99 Å². The fraction of sp³-hybridized carbons (Fsp3) is 0.0833. The van der Waals surface area contributed by atoms with E-state index in [1.807, 2.05) is 31.2 Å². The minimum absolute atomic E-state index is 0.0216. The van der Waals surface area contributed by atoms with E-state index in [9.17, 15) is 0 Å². The number of hydrogen-bond donors (Lipinski definition) is 3. The molecule has 92 valence electrons. The lowest BCUT2D eigenvalue weighted by molar-refractivity contribution is 1.33. The van der Waals surface area contributed by atoms with Crippen molar-refractivity contribution in [2.24, 2.45) is 27.2 Å². The van der Waals surface area contributed by atoms with Crippen LogP contribution in [0.1, 0.15) is 5.56 Å². The smallest absolute Gasteiger partial charge is 0.223 e. The van der Waals surface area contributed by atoms with Crippen molar-refractivity contribution in [2.75, 3.05) is 0 Å². The highest BCUT2D eigenvalue weighted by molar-refractivity contribution is 5.94. The second kappa shape index (κ2) is 4.70. The van der Waals surface area contributed by atoms with Crippen molar-refractivity contribution in [1.29, 1.82) is 0 Å². The molecule has 0 amide bonds. The fourth-order valence-corrected chi connectivity index (χ4v) is 1.62. The van der Waals surface area contributed by atoms with Gasteiger partial charge in [-0.15, -0.1) is 0 Å². The lowest BCUT2D eigenvalue weighted by Crippen LogP contribution is -2.26. The standard InChI is InChI=1S/C12H14N6/c1-7-5-8-3-2-4-16-10(8)6-9(7)17-12(15)18-11(13)14/h2-6H,1H3,(H6,13,14,15,17,18). The third-order valence-corrected chi connectivity index (χ3v) is 2.40. The molecule has 0 unspecified atom stereocenters. The molecule has 0 fully saturated rings. The van der Waals surface area contributed by atoms with E-state index in [1.54, 1.807) is 6.20 Å². The van der Waals surface area contributed by atoms with E-state index in [0.29, 0.717) is 5.69 Å². The molecule has 2 aromatic rings. The number of nitrogens with zero attached hydrogens (tertiary/aromatic N) is 3. The van der Waals surface area contributed by atoms with Crippen molar-refractivity contribution in [3.63, 3.8) is 0 Å². The number of fused-ring (bicyclic) bond motifs is 1. The van der Waals surface area contributed by atoms with Crippen molar-refractivity contribution in [3.05, 3.63) is 36.0 Å². The van der Waals surface area contributed by atoms with Crippen LogP contribution < -0.4 is 17.2 Å². The number of pyridine rings is 1. The predicted octanol–water partition coefficient (Wildman–Crippen LogP) is 0.763. The molecule has 1 aromatic carbocycles. The summed E-state index contributed by atoms with van der Waals surface area (Å²) in [7, 11) is 0. The second-order valence-corrected chi connectivity index (χ2v) is 3.84. The summed E-state index contributed by atoms with van der Waals surface area (Å²) in [6, 6.07) is 7.71.